The molecule has 0 aliphatic heterocycles. The first-order chi connectivity index (χ1) is 8.29. The molecule has 0 N–H and O–H groups in total. The number of alkyl halides is 3. The second kappa shape index (κ2) is 4.34. The predicted octanol–water partition coefficient (Wildman–Crippen LogP) is 4.40. The maximum Gasteiger partial charge on any atom is 0.416 e. The lowest BCUT2D eigenvalue weighted by atomic mass is 10.1. The molecule has 0 saturated heterocycles. The maximum absolute atomic E-state index is 12.7. The SMILES string of the molecule is CC(C)Cc1cc2ccc(C(F)(F)F)cc2n1C. The van der Waals surface area contributed by atoms with E-state index < -0.39 is 11.7 Å². The summed E-state index contributed by atoms with van der Waals surface area (Å²) in [6.07, 6.45) is -3.41. The Balaban J connectivity index is 2.53. The molecule has 98 valence electrons. The lowest BCUT2D eigenvalue weighted by molar-refractivity contribution is -0.137. The van der Waals surface area contributed by atoms with E-state index in [-0.39, 0.29) is 0 Å². The molecule has 0 spiro atoms. The average Bonchev–Trinajstić information content (AvgIpc) is 2.53. The topological polar surface area (TPSA) is 4.93 Å². The van der Waals surface area contributed by atoms with Gasteiger partial charge in [0.05, 0.1) is 5.56 Å². The molecule has 1 aromatic heterocycles. The van der Waals surface area contributed by atoms with E-state index in [4.69, 9.17) is 0 Å². The van der Waals surface area contributed by atoms with Crippen LogP contribution in [-0.2, 0) is 19.6 Å². The molecule has 0 atom stereocenters. The number of fused-ring (bicyclic) bond motifs is 1. The van der Waals surface area contributed by atoms with Crippen molar-refractivity contribution < 1.29 is 13.2 Å². The molecule has 4 heteroatoms. The van der Waals surface area contributed by atoms with Crippen LogP contribution in [0.2, 0.25) is 0 Å². The average molecular weight is 255 g/mol. The highest BCUT2D eigenvalue weighted by Crippen LogP contribution is 2.32. The van der Waals surface area contributed by atoms with Crippen LogP contribution in [0.15, 0.2) is 24.3 Å². The number of nitrogens with zero attached hydrogens (tertiary/aromatic N) is 1. The number of aromatic nitrogens is 1. The number of hydrogen-bond donors (Lipinski definition) is 0. The lowest BCUT2D eigenvalue weighted by Crippen LogP contribution is -2.05. The molecular formula is C14H16F3N. The third-order valence-corrected chi connectivity index (χ3v) is 3.09. The van der Waals surface area contributed by atoms with Gasteiger partial charge in [0.1, 0.15) is 0 Å². The van der Waals surface area contributed by atoms with Crippen molar-refractivity contribution in [2.45, 2.75) is 26.4 Å². The smallest absolute Gasteiger partial charge is 0.348 e. The molecule has 0 radical (unpaired) electrons. The summed E-state index contributed by atoms with van der Waals surface area (Å²) >= 11 is 0. The van der Waals surface area contributed by atoms with Crippen LogP contribution in [0, 0.1) is 5.92 Å². The van der Waals surface area contributed by atoms with E-state index >= 15 is 0 Å². The summed E-state index contributed by atoms with van der Waals surface area (Å²) in [4.78, 5) is 0. The van der Waals surface area contributed by atoms with Crippen molar-refractivity contribution in [3.63, 3.8) is 0 Å². The molecule has 0 aliphatic rings. The molecule has 0 saturated carbocycles. The first-order valence-corrected chi connectivity index (χ1v) is 5.94. The highest BCUT2D eigenvalue weighted by atomic mass is 19.4. The Labute approximate surface area is 104 Å². The van der Waals surface area contributed by atoms with Crippen LogP contribution in [0.4, 0.5) is 13.2 Å². The first kappa shape index (κ1) is 13.0. The Bertz CT molecular complexity index is 564. The van der Waals surface area contributed by atoms with Crippen LogP contribution < -0.4 is 0 Å². The van der Waals surface area contributed by atoms with E-state index in [1.165, 1.54) is 6.07 Å². The molecule has 2 aromatic rings. The van der Waals surface area contributed by atoms with Gasteiger partial charge in [-0.2, -0.15) is 13.2 Å². The number of hydrogen-bond acceptors (Lipinski definition) is 0. The van der Waals surface area contributed by atoms with E-state index in [0.29, 0.717) is 11.4 Å². The van der Waals surface area contributed by atoms with Gasteiger partial charge in [0.15, 0.2) is 0 Å². The summed E-state index contributed by atoms with van der Waals surface area (Å²) in [7, 11) is 1.82. The van der Waals surface area contributed by atoms with Gasteiger partial charge in [0.25, 0.3) is 0 Å². The molecule has 18 heavy (non-hydrogen) atoms. The van der Waals surface area contributed by atoms with E-state index in [2.05, 4.69) is 13.8 Å². The first-order valence-electron chi connectivity index (χ1n) is 5.94. The van der Waals surface area contributed by atoms with Gasteiger partial charge in [0, 0.05) is 18.3 Å². The highest BCUT2D eigenvalue weighted by molar-refractivity contribution is 5.82. The standard InChI is InChI=1S/C14H16F3N/c1-9(2)6-12-7-10-4-5-11(14(15,16)17)8-13(10)18(12)3/h4-5,7-9H,6H2,1-3H3. The Kier molecular flexibility index (Phi) is 3.13. The Morgan fingerprint density at radius 3 is 2.39 bits per heavy atom. The van der Waals surface area contributed by atoms with Gasteiger partial charge >= 0.3 is 6.18 Å². The Hall–Kier alpha value is -1.45. The summed E-state index contributed by atoms with van der Waals surface area (Å²) in [6.45, 7) is 4.19. The monoisotopic (exact) mass is 255 g/mol. The Morgan fingerprint density at radius 1 is 1.17 bits per heavy atom. The maximum atomic E-state index is 12.7. The fourth-order valence-electron chi connectivity index (χ4n) is 2.18. The lowest BCUT2D eigenvalue weighted by Gasteiger charge is -2.08. The van der Waals surface area contributed by atoms with Crippen molar-refractivity contribution in [2.75, 3.05) is 0 Å². The van der Waals surface area contributed by atoms with Crippen molar-refractivity contribution >= 4 is 10.9 Å². The summed E-state index contributed by atoms with van der Waals surface area (Å²) in [6, 6.07) is 5.87. The predicted molar refractivity (Wildman–Crippen MR) is 66.5 cm³/mol. The zero-order valence-electron chi connectivity index (χ0n) is 10.7. The zero-order valence-corrected chi connectivity index (χ0v) is 10.7. The van der Waals surface area contributed by atoms with E-state index in [0.717, 1.165) is 23.6 Å². The van der Waals surface area contributed by atoms with Gasteiger partial charge < -0.3 is 4.57 Å². The van der Waals surface area contributed by atoms with Crippen molar-refractivity contribution in [1.29, 1.82) is 0 Å². The van der Waals surface area contributed by atoms with E-state index in [9.17, 15) is 13.2 Å². The minimum atomic E-state index is -4.28. The molecule has 0 aliphatic carbocycles. The fourth-order valence-corrected chi connectivity index (χ4v) is 2.18. The molecule has 1 heterocycles. The number of benzene rings is 1. The zero-order chi connectivity index (χ0) is 13.5. The fraction of sp³-hybridized carbons (Fsp3) is 0.429. The van der Waals surface area contributed by atoms with Crippen molar-refractivity contribution in [2.24, 2.45) is 13.0 Å². The van der Waals surface area contributed by atoms with E-state index in [1.54, 1.807) is 6.07 Å². The molecule has 2 rings (SSSR count). The summed E-state index contributed by atoms with van der Waals surface area (Å²) in [5.41, 5.74) is 1.12. The minimum Gasteiger partial charge on any atom is -0.348 e. The molecule has 1 aromatic carbocycles. The molecular weight excluding hydrogens is 239 g/mol. The Morgan fingerprint density at radius 2 is 1.83 bits per heavy atom. The second-order valence-corrected chi connectivity index (χ2v) is 5.06. The van der Waals surface area contributed by atoms with Crippen LogP contribution in [0.25, 0.3) is 10.9 Å². The van der Waals surface area contributed by atoms with Crippen molar-refractivity contribution in [3.05, 3.63) is 35.5 Å². The molecule has 0 unspecified atom stereocenters. The largest absolute Gasteiger partial charge is 0.416 e. The number of rotatable bonds is 2. The van der Waals surface area contributed by atoms with Crippen molar-refractivity contribution in [1.82, 2.24) is 4.57 Å². The molecule has 0 fully saturated rings. The molecule has 0 amide bonds. The van der Waals surface area contributed by atoms with Crippen molar-refractivity contribution in [3.8, 4) is 0 Å². The van der Waals surface area contributed by atoms with E-state index in [1.807, 2.05) is 17.7 Å². The van der Waals surface area contributed by atoms with Gasteiger partial charge in [-0.1, -0.05) is 19.9 Å². The third kappa shape index (κ3) is 2.37. The van der Waals surface area contributed by atoms with Gasteiger partial charge in [-0.05, 0) is 35.9 Å². The van der Waals surface area contributed by atoms with Crippen LogP contribution >= 0.6 is 0 Å². The number of aryl methyl sites for hydroxylation is 1. The summed E-state index contributed by atoms with van der Waals surface area (Å²) < 4.78 is 39.8. The number of halogens is 3. The molecule has 0 bridgehead atoms. The van der Waals surface area contributed by atoms with Crippen LogP contribution in [0.3, 0.4) is 0 Å². The molecule has 1 nitrogen and oxygen atoms in total. The third-order valence-electron chi connectivity index (χ3n) is 3.09. The van der Waals surface area contributed by atoms with Gasteiger partial charge in [-0.25, -0.2) is 0 Å². The minimum absolute atomic E-state index is 0.482. The summed E-state index contributed by atoms with van der Waals surface area (Å²) in [5.74, 6) is 0.482. The van der Waals surface area contributed by atoms with Gasteiger partial charge in [-0.3, -0.25) is 0 Å². The van der Waals surface area contributed by atoms with Crippen LogP contribution in [0.5, 0.6) is 0 Å². The van der Waals surface area contributed by atoms with Gasteiger partial charge in [0.2, 0.25) is 0 Å². The highest BCUT2D eigenvalue weighted by Gasteiger charge is 2.30. The summed E-state index contributed by atoms with van der Waals surface area (Å²) in [5, 5.41) is 0.862. The normalized spacial score (nSPS) is 12.6. The van der Waals surface area contributed by atoms with Crippen LogP contribution in [0.1, 0.15) is 25.1 Å². The quantitative estimate of drug-likeness (QED) is 0.749. The van der Waals surface area contributed by atoms with Crippen LogP contribution in [-0.4, -0.2) is 4.57 Å². The van der Waals surface area contributed by atoms with Gasteiger partial charge in [-0.15, -0.1) is 0 Å². The second-order valence-electron chi connectivity index (χ2n) is 5.06.